The van der Waals surface area contributed by atoms with Gasteiger partial charge in [-0.3, -0.25) is 9.78 Å². The van der Waals surface area contributed by atoms with E-state index in [0.29, 0.717) is 48.0 Å². The highest BCUT2D eigenvalue weighted by Crippen LogP contribution is 2.57. The lowest BCUT2D eigenvalue weighted by Crippen LogP contribution is -2.63. The van der Waals surface area contributed by atoms with Crippen molar-refractivity contribution in [2.45, 2.75) is 76.2 Å². The molecule has 2 bridgehead atoms. The Labute approximate surface area is 229 Å². The molecule has 8 heteroatoms. The van der Waals surface area contributed by atoms with Gasteiger partial charge in [0.25, 0.3) is 0 Å². The fourth-order valence-corrected chi connectivity index (χ4v) is 7.49. The van der Waals surface area contributed by atoms with Crippen molar-refractivity contribution in [2.24, 2.45) is 10.8 Å². The third-order valence-corrected chi connectivity index (χ3v) is 10.1. The Morgan fingerprint density at radius 1 is 1.03 bits per heavy atom. The fourth-order valence-electron chi connectivity index (χ4n) is 7.49. The van der Waals surface area contributed by atoms with Gasteiger partial charge in [0.1, 0.15) is 5.60 Å². The van der Waals surface area contributed by atoms with E-state index in [9.17, 15) is 15.0 Å². The molecule has 3 aliphatic carbocycles. The number of aromatic nitrogens is 3. The van der Waals surface area contributed by atoms with Crippen LogP contribution in [0.2, 0.25) is 0 Å². The molecule has 39 heavy (non-hydrogen) atoms. The van der Waals surface area contributed by atoms with Crippen LogP contribution in [0.1, 0.15) is 87.8 Å². The molecule has 4 fully saturated rings. The first kappa shape index (κ1) is 26.1. The Morgan fingerprint density at radius 2 is 1.67 bits per heavy atom. The number of nitrogens with zero attached hydrogens (tertiary/aromatic N) is 4. The van der Waals surface area contributed by atoms with Crippen LogP contribution >= 0.6 is 0 Å². The molecule has 0 spiro atoms. The lowest BCUT2D eigenvalue weighted by Gasteiger charge is -2.55. The molecule has 3 saturated carbocycles. The summed E-state index contributed by atoms with van der Waals surface area (Å²) in [5.74, 6) is 0.766. The highest BCUT2D eigenvalue weighted by molar-refractivity contribution is 5.75. The van der Waals surface area contributed by atoms with E-state index < -0.39 is 22.4 Å². The number of aliphatic carboxylic acids is 1. The molecule has 2 N–H and O–H groups in total. The van der Waals surface area contributed by atoms with Crippen molar-refractivity contribution in [3.05, 3.63) is 65.3 Å². The quantitative estimate of drug-likeness (QED) is 0.433. The first-order valence-electron chi connectivity index (χ1n) is 14.1. The number of hydrogen-bond donors (Lipinski definition) is 2. The van der Waals surface area contributed by atoms with Gasteiger partial charge in [-0.2, -0.15) is 4.98 Å². The van der Waals surface area contributed by atoms with E-state index in [1.54, 1.807) is 12.4 Å². The van der Waals surface area contributed by atoms with Crippen molar-refractivity contribution < 1.29 is 19.5 Å². The van der Waals surface area contributed by atoms with E-state index in [1.807, 2.05) is 18.2 Å². The molecule has 1 aliphatic heterocycles. The lowest BCUT2D eigenvalue weighted by molar-refractivity contribution is -0.156. The molecule has 1 aromatic carbocycles. The summed E-state index contributed by atoms with van der Waals surface area (Å²) >= 11 is 0. The average Bonchev–Trinajstić information content (AvgIpc) is 3.44. The van der Waals surface area contributed by atoms with E-state index in [-0.39, 0.29) is 5.41 Å². The van der Waals surface area contributed by atoms with Crippen molar-refractivity contribution in [3.63, 3.8) is 0 Å². The van der Waals surface area contributed by atoms with Gasteiger partial charge in [-0.25, -0.2) is 0 Å². The maximum absolute atomic E-state index is 12.5. The van der Waals surface area contributed by atoms with Crippen molar-refractivity contribution in [1.82, 2.24) is 20.0 Å². The van der Waals surface area contributed by atoms with Crippen LogP contribution < -0.4 is 0 Å². The summed E-state index contributed by atoms with van der Waals surface area (Å²) < 4.78 is 5.82. The minimum absolute atomic E-state index is 0.254. The van der Waals surface area contributed by atoms with E-state index in [2.05, 4.69) is 55.0 Å². The zero-order chi connectivity index (χ0) is 27.6. The van der Waals surface area contributed by atoms with E-state index in [1.165, 1.54) is 5.56 Å². The average molecular weight is 531 g/mol. The van der Waals surface area contributed by atoms with Gasteiger partial charge < -0.3 is 19.6 Å². The Morgan fingerprint density at radius 3 is 2.23 bits per heavy atom. The number of carboxylic acids is 1. The number of likely N-dealkylation sites (tertiary alicyclic amines) is 1. The van der Waals surface area contributed by atoms with Crippen molar-refractivity contribution in [3.8, 4) is 11.4 Å². The highest BCUT2D eigenvalue weighted by atomic mass is 16.5. The molecular formula is C31H38N4O4. The summed E-state index contributed by atoms with van der Waals surface area (Å²) in [5.41, 5.74) is 0.981. The first-order valence-corrected chi connectivity index (χ1v) is 14.1. The van der Waals surface area contributed by atoms with Gasteiger partial charge in [-0.1, -0.05) is 50.2 Å². The number of fused-ring (bicyclic) bond motifs is 3. The summed E-state index contributed by atoms with van der Waals surface area (Å²) in [4.78, 5) is 23.4. The Kier molecular flexibility index (Phi) is 6.01. The Bertz CT molecular complexity index is 1370. The molecule has 1 saturated heterocycles. The summed E-state index contributed by atoms with van der Waals surface area (Å²) in [5, 5.41) is 26.6. The van der Waals surface area contributed by atoms with Crippen LogP contribution in [-0.2, 0) is 15.8 Å². The monoisotopic (exact) mass is 530 g/mol. The van der Waals surface area contributed by atoms with Crippen LogP contribution in [0.5, 0.6) is 0 Å². The lowest BCUT2D eigenvalue weighted by atomic mass is 9.53. The molecule has 7 rings (SSSR count). The number of hydrogen-bond acceptors (Lipinski definition) is 7. The van der Waals surface area contributed by atoms with Crippen LogP contribution in [-0.4, -0.2) is 56.3 Å². The number of pyridine rings is 1. The van der Waals surface area contributed by atoms with Crippen LogP contribution in [0.3, 0.4) is 0 Å². The summed E-state index contributed by atoms with van der Waals surface area (Å²) in [7, 11) is 2.07. The zero-order valence-electron chi connectivity index (χ0n) is 23.3. The molecule has 0 radical (unpaired) electrons. The molecule has 1 atom stereocenters. The molecule has 3 heterocycles. The van der Waals surface area contributed by atoms with Crippen LogP contribution in [0.15, 0.2) is 47.2 Å². The largest absolute Gasteiger partial charge is 0.481 e. The number of carboxylic acid groups (broad SMARTS) is 1. The molecular weight excluding hydrogens is 492 g/mol. The summed E-state index contributed by atoms with van der Waals surface area (Å²) in [6.45, 7) is 7.97. The fraction of sp³-hybridized carbons (Fsp3) is 0.548. The normalized spacial score (nSPS) is 27.7. The smallest absolute Gasteiger partial charge is 0.309 e. The topological polar surface area (TPSA) is 113 Å². The molecule has 8 nitrogen and oxygen atoms in total. The van der Waals surface area contributed by atoms with Gasteiger partial charge in [0.15, 0.2) is 0 Å². The molecule has 4 aliphatic rings. The van der Waals surface area contributed by atoms with Gasteiger partial charge in [0.2, 0.25) is 11.7 Å². The van der Waals surface area contributed by atoms with Crippen LogP contribution in [0, 0.1) is 10.8 Å². The summed E-state index contributed by atoms with van der Waals surface area (Å²) in [6.07, 6.45) is 7.64. The Balaban J connectivity index is 1.34. The highest BCUT2D eigenvalue weighted by Gasteiger charge is 2.56. The van der Waals surface area contributed by atoms with E-state index in [4.69, 9.17) is 9.51 Å². The third-order valence-electron chi connectivity index (χ3n) is 10.1. The number of rotatable bonds is 7. The van der Waals surface area contributed by atoms with Crippen LogP contribution in [0.25, 0.3) is 11.4 Å². The van der Waals surface area contributed by atoms with Gasteiger partial charge in [0.05, 0.1) is 5.41 Å². The molecule has 3 aromatic rings. The second-order valence-electron chi connectivity index (χ2n) is 13.0. The Hall–Kier alpha value is -3.10. The maximum atomic E-state index is 12.5. The second kappa shape index (κ2) is 8.96. The third kappa shape index (κ3) is 3.94. The standard InChI is InChI=1S/C31H38N4O4/c1-20(2)21-5-7-23(8-6-21)31(38,28(3)18-35(4)19-28)24-15-22(16-32-17-24)25-33-26(39-34-25)29-9-12-30(13-10-29,14-11-29)27(36)37/h5-8,15-17,20,38H,9-14,18-19H2,1-4H3,(H,36,37)/t29?,30?,31-/m0/s1. The molecule has 0 unspecified atom stereocenters. The number of benzene rings is 1. The minimum Gasteiger partial charge on any atom is -0.481 e. The maximum Gasteiger partial charge on any atom is 0.309 e. The zero-order valence-corrected chi connectivity index (χ0v) is 23.3. The van der Waals surface area contributed by atoms with Crippen molar-refractivity contribution in [1.29, 1.82) is 0 Å². The van der Waals surface area contributed by atoms with Gasteiger partial charge in [-0.05, 0) is 68.7 Å². The predicted octanol–water partition coefficient (Wildman–Crippen LogP) is 5.12. The molecule has 206 valence electrons. The second-order valence-corrected chi connectivity index (χ2v) is 13.0. The van der Waals surface area contributed by atoms with Gasteiger partial charge in [0, 0.05) is 47.4 Å². The van der Waals surface area contributed by atoms with E-state index >= 15 is 0 Å². The number of aliphatic hydroxyl groups is 1. The predicted molar refractivity (Wildman–Crippen MR) is 146 cm³/mol. The van der Waals surface area contributed by atoms with E-state index in [0.717, 1.165) is 37.9 Å². The first-order chi connectivity index (χ1) is 18.5. The minimum atomic E-state index is -1.25. The van der Waals surface area contributed by atoms with Crippen LogP contribution in [0.4, 0.5) is 0 Å². The van der Waals surface area contributed by atoms with Crippen molar-refractivity contribution >= 4 is 5.97 Å². The molecule has 2 aromatic heterocycles. The van der Waals surface area contributed by atoms with Gasteiger partial charge >= 0.3 is 5.97 Å². The SMILES string of the molecule is CC(C)c1ccc([C@](O)(c2cncc(-c3noc(C45CCC(C(=O)O)(CC4)CC5)n3)c2)C2(C)CN(C)C2)cc1. The van der Waals surface area contributed by atoms with Crippen molar-refractivity contribution in [2.75, 3.05) is 20.1 Å². The molecule has 0 amide bonds. The number of carbonyl (C=O) groups is 1. The summed E-state index contributed by atoms with van der Waals surface area (Å²) in [6, 6.07) is 10.2. The van der Waals surface area contributed by atoms with Gasteiger partial charge in [-0.15, -0.1) is 0 Å².